The van der Waals surface area contributed by atoms with Gasteiger partial charge in [-0.1, -0.05) is 0 Å². The summed E-state index contributed by atoms with van der Waals surface area (Å²) in [6.45, 7) is 2.28. The van der Waals surface area contributed by atoms with Gasteiger partial charge in [0.25, 0.3) is 0 Å². The van der Waals surface area contributed by atoms with Crippen molar-refractivity contribution in [2.24, 2.45) is 5.73 Å². The number of carbonyl (C=O) groups is 1. The fraction of sp³-hybridized carbons (Fsp3) is 0.500. The Hall–Kier alpha value is -1.36. The molecule has 1 heterocycles. The van der Waals surface area contributed by atoms with Crippen LogP contribution in [0.5, 0.6) is 0 Å². The Kier molecular flexibility index (Phi) is 3.45. The van der Waals surface area contributed by atoms with E-state index in [1.807, 2.05) is 6.92 Å². The average Bonchev–Trinajstić information content (AvgIpc) is 2.55. The van der Waals surface area contributed by atoms with E-state index in [0.717, 1.165) is 5.56 Å². The molecule has 1 aromatic rings. The Labute approximate surface area is 76.7 Å². The van der Waals surface area contributed by atoms with Crippen molar-refractivity contribution in [3.63, 3.8) is 0 Å². The number of nitrogens with two attached hydrogens (primary N) is 1. The lowest BCUT2D eigenvalue weighted by Crippen LogP contribution is -2.28. The van der Waals surface area contributed by atoms with Crippen LogP contribution in [0.3, 0.4) is 0 Å². The molecule has 13 heavy (non-hydrogen) atoms. The number of rotatable bonds is 4. The lowest BCUT2D eigenvalue weighted by Gasteiger charge is -2.10. The van der Waals surface area contributed by atoms with Crippen molar-refractivity contribution in [3.05, 3.63) is 18.0 Å². The van der Waals surface area contributed by atoms with E-state index in [1.54, 1.807) is 12.4 Å². The number of aromatic nitrogens is 2. The number of aromatic amines is 1. The summed E-state index contributed by atoms with van der Waals surface area (Å²) in [6.07, 6.45) is 3.81. The third kappa shape index (κ3) is 2.87. The van der Waals surface area contributed by atoms with Crippen LogP contribution < -0.4 is 11.1 Å². The molecule has 0 aliphatic rings. The van der Waals surface area contributed by atoms with Gasteiger partial charge in [0, 0.05) is 24.7 Å². The molecule has 1 rings (SSSR count). The number of H-pyrrole nitrogens is 1. The Balaban J connectivity index is 2.42. The number of nitrogens with zero attached hydrogens (tertiary/aromatic N) is 1. The Bertz CT molecular complexity index is 257. The average molecular weight is 182 g/mol. The van der Waals surface area contributed by atoms with E-state index in [0.29, 0.717) is 13.0 Å². The fourth-order valence-electron chi connectivity index (χ4n) is 1.03. The van der Waals surface area contributed by atoms with Crippen LogP contribution in [0.25, 0.3) is 0 Å². The highest BCUT2D eigenvalue weighted by molar-refractivity contribution is 5.76. The van der Waals surface area contributed by atoms with E-state index < -0.39 is 0 Å². The standard InChI is InChI=1S/C8H14N4O/c1-6(7-4-10-11-5-7)12-8(13)2-3-9/h4-6H,2-3,9H2,1H3,(H,10,11)(H,12,13). The van der Waals surface area contributed by atoms with Crippen LogP contribution in [0.4, 0.5) is 0 Å². The van der Waals surface area contributed by atoms with E-state index in [1.165, 1.54) is 0 Å². The van der Waals surface area contributed by atoms with Crippen LogP contribution in [-0.2, 0) is 4.79 Å². The first-order valence-corrected chi connectivity index (χ1v) is 4.22. The highest BCUT2D eigenvalue weighted by Gasteiger charge is 2.08. The van der Waals surface area contributed by atoms with Crippen LogP contribution in [-0.4, -0.2) is 22.6 Å². The summed E-state index contributed by atoms with van der Waals surface area (Å²) in [5.74, 6) is -0.0313. The number of hydrogen-bond acceptors (Lipinski definition) is 3. The van der Waals surface area contributed by atoms with Crippen molar-refractivity contribution in [2.75, 3.05) is 6.54 Å². The highest BCUT2D eigenvalue weighted by Crippen LogP contribution is 2.08. The summed E-state index contributed by atoms with van der Waals surface area (Å²) in [6, 6.07) is -0.0159. The largest absolute Gasteiger partial charge is 0.349 e. The highest BCUT2D eigenvalue weighted by atomic mass is 16.1. The van der Waals surface area contributed by atoms with E-state index in [4.69, 9.17) is 5.73 Å². The van der Waals surface area contributed by atoms with E-state index in [2.05, 4.69) is 15.5 Å². The molecule has 1 unspecified atom stereocenters. The summed E-state index contributed by atoms with van der Waals surface area (Å²) in [7, 11) is 0. The maximum absolute atomic E-state index is 11.1. The van der Waals surface area contributed by atoms with Crippen molar-refractivity contribution < 1.29 is 4.79 Å². The van der Waals surface area contributed by atoms with Gasteiger partial charge in [0.2, 0.25) is 5.91 Å². The van der Waals surface area contributed by atoms with Gasteiger partial charge in [-0.15, -0.1) is 0 Å². The molecule has 0 bridgehead atoms. The third-order valence-electron chi connectivity index (χ3n) is 1.77. The molecule has 5 nitrogen and oxygen atoms in total. The van der Waals surface area contributed by atoms with Crippen LogP contribution in [0.2, 0.25) is 0 Å². The number of carbonyl (C=O) groups excluding carboxylic acids is 1. The van der Waals surface area contributed by atoms with Crippen molar-refractivity contribution in [1.29, 1.82) is 0 Å². The SMILES string of the molecule is CC(NC(=O)CCN)c1cn[nH]c1. The molecule has 0 fully saturated rings. The van der Waals surface area contributed by atoms with Gasteiger partial charge in [0.15, 0.2) is 0 Å². The van der Waals surface area contributed by atoms with Gasteiger partial charge in [-0.05, 0) is 6.92 Å². The predicted octanol–water partition coefficient (Wildman–Crippen LogP) is -0.0643. The summed E-state index contributed by atoms with van der Waals surface area (Å²) in [5.41, 5.74) is 6.21. The van der Waals surface area contributed by atoms with Crippen LogP contribution in [0.1, 0.15) is 24.9 Å². The molecule has 0 radical (unpaired) electrons. The Morgan fingerprint density at radius 3 is 3.15 bits per heavy atom. The van der Waals surface area contributed by atoms with Crippen LogP contribution >= 0.6 is 0 Å². The van der Waals surface area contributed by atoms with Crippen LogP contribution in [0, 0.1) is 0 Å². The topological polar surface area (TPSA) is 83.8 Å². The zero-order chi connectivity index (χ0) is 9.68. The molecule has 0 saturated heterocycles. The minimum atomic E-state index is -0.0313. The van der Waals surface area contributed by atoms with E-state index in [-0.39, 0.29) is 11.9 Å². The molecule has 0 aliphatic carbocycles. The van der Waals surface area contributed by atoms with Gasteiger partial charge < -0.3 is 11.1 Å². The Morgan fingerprint density at radius 1 is 1.85 bits per heavy atom. The molecule has 1 aromatic heterocycles. The summed E-state index contributed by atoms with van der Waals surface area (Å²) in [4.78, 5) is 11.1. The van der Waals surface area contributed by atoms with E-state index >= 15 is 0 Å². The maximum atomic E-state index is 11.1. The molecule has 0 saturated carbocycles. The zero-order valence-electron chi connectivity index (χ0n) is 7.58. The molecule has 4 N–H and O–H groups in total. The molecular formula is C8H14N4O. The molecular weight excluding hydrogens is 168 g/mol. The molecule has 0 aromatic carbocycles. The van der Waals surface area contributed by atoms with Gasteiger partial charge in [-0.25, -0.2) is 0 Å². The van der Waals surface area contributed by atoms with Crippen molar-refractivity contribution in [1.82, 2.24) is 15.5 Å². The molecule has 0 aliphatic heterocycles. The number of amides is 1. The number of nitrogens with one attached hydrogen (secondary N) is 2. The smallest absolute Gasteiger partial charge is 0.221 e. The predicted molar refractivity (Wildman–Crippen MR) is 48.8 cm³/mol. The minimum absolute atomic E-state index is 0.0159. The molecule has 72 valence electrons. The fourth-order valence-corrected chi connectivity index (χ4v) is 1.03. The minimum Gasteiger partial charge on any atom is -0.349 e. The van der Waals surface area contributed by atoms with Crippen LogP contribution in [0.15, 0.2) is 12.4 Å². The lowest BCUT2D eigenvalue weighted by molar-refractivity contribution is -0.121. The van der Waals surface area contributed by atoms with Crippen molar-refractivity contribution >= 4 is 5.91 Å². The number of hydrogen-bond donors (Lipinski definition) is 3. The second-order valence-electron chi connectivity index (χ2n) is 2.86. The van der Waals surface area contributed by atoms with Crippen molar-refractivity contribution in [3.8, 4) is 0 Å². The first-order chi connectivity index (χ1) is 6.24. The summed E-state index contributed by atoms with van der Waals surface area (Å²) < 4.78 is 0. The summed E-state index contributed by atoms with van der Waals surface area (Å²) in [5, 5.41) is 9.29. The second kappa shape index (κ2) is 4.61. The molecule has 1 amide bonds. The Morgan fingerprint density at radius 2 is 2.62 bits per heavy atom. The zero-order valence-corrected chi connectivity index (χ0v) is 7.58. The van der Waals surface area contributed by atoms with Gasteiger partial charge in [0.05, 0.1) is 12.2 Å². The van der Waals surface area contributed by atoms with Gasteiger partial charge >= 0.3 is 0 Å². The van der Waals surface area contributed by atoms with E-state index in [9.17, 15) is 4.79 Å². The first-order valence-electron chi connectivity index (χ1n) is 4.22. The maximum Gasteiger partial charge on any atom is 0.221 e. The molecule has 0 spiro atoms. The first kappa shape index (κ1) is 9.73. The monoisotopic (exact) mass is 182 g/mol. The van der Waals surface area contributed by atoms with Gasteiger partial charge in [-0.2, -0.15) is 5.10 Å². The summed E-state index contributed by atoms with van der Waals surface area (Å²) >= 11 is 0. The van der Waals surface area contributed by atoms with Gasteiger partial charge in [0.1, 0.15) is 0 Å². The van der Waals surface area contributed by atoms with Crippen molar-refractivity contribution in [2.45, 2.75) is 19.4 Å². The lowest BCUT2D eigenvalue weighted by atomic mass is 10.2. The second-order valence-corrected chi connectivity index (χ2v) is 2.86. The quantitative estimate of drug-likeness (QED) is 0.609. The molecule has 1 atom stereocenters. The normalized spacial score (nSPS) is 12.5. The van der Waals surface area contributed by atoms with Gasteiger partial charge in [-0.3, -0.25) is 9.89 Å². The third-order valence-corrected chi connectivity index (χ3v) is 1.77. The molecule has 5 heteroatoms.